The molecule has 118 valence electrons. The number of alkyl halides is 1. The first-order chi connectivity index (χ1) is 10.1. The highest BCUT2D eigenvalue weighted by Gasteiger charge is 2.22. The summed E-state index contributed by atoms with van der Waals surface area (Å²) in [6, 6.07) is 6.47. The van der Waals surface area contributed by atoms with E-state index < -0.39 is 4.83 Å². The Morgan fingerprint density at radius 2 is 1.81 bits per heavy atom. The molecule has 1 aromatic rings. The number of amides is 1. The summed E-state index contributed by atoms with van der Waals surface area (Å²) in [6.07, 6.45) is 0.308. The van der Waals surface area contributed by atoms with E-state index in [0.29, 0.717) is 38.3 Å². The van der Waals surface area contributed by atoms with Crippen molar-refractivity contribution in [3.8, 4) is 0 Å². The number of halogens is 2. The Kier molecular flexibility index (Phi) is 8.49. The highest BCUT2D eigenvalue weighted by molar-refractivity contribution is 9.10. The lowest BCUT2D eigenvalue weighted by molar-refractivity contribution is -0.131. The Hall–Kier alpha value is -0.980. The van der Waals surface area contributed by atoms with Crippen molar-refractivity contribution in [2.24, 2.45) is 0 Å². The number of hydrogen-bond acceptors (Lipinski definition) is 3. The Morgan fingerprint density at radius 3 is 2.33 bits per heavy atom. The van der Waals surface area contributed by atoms with Crippen molar-refractivity contribution in [3.05, 3.63) is 35.6 Å². The van der Waals surface area contributed by atoms with E-state index in [2.05, 4.69) is 15.9 Å². The predicted octanol–water partition coefficient (Wildman–Crippen LogP) is 2.25. The lowest BCUT2D eigenvalue weighted by Gasteiger charge is -2.24. The summed E-state index contributed by atoms with van der Waals surface area (Å²) in [4.78, 5) is 13.6. The molecule has 0 fully saturated rings. The number of benzene rings is 1. The average molecular weight is 362 g/mol. The fourth-order valence-electron chi connectivity index (χ4n) is 1.88. The van der Waals surface area contributed by atoms with Crippen LogP contribution in [0.25, 0.3) is 0 Å². The first-order valence-corrected chi connectivity index (χ1v) is 7.65. The van der Waals surface area contributed by atoms with E-state index in [1.807, 2.05) is 0 Å². The largest absolute Gasteiger partial charge is 0.383 e. The maximum absolute atomic E-state index is 13.6. The van der Waals surface area contributed by atoms with Crippen LogP contribution in [-0.4, -0.2) is 56.2 Å². The molecule has 0 heterocycles. The van der Waals surface area contributed by atoms with Crippen LogP contribution in [0.4, 0.5) is 4.39 Å². The quantitative estimate of drug-likeness (QED) is 0.633. The molecule has 1 amide bonds. The van der Waals surface area contributed by atoms with E-state index in [-0.39, 0.29) is 11.7 Å². The fourth-order valence-corrected chi connectivity index (χ4v) is 2.52. The molecular formula is C15H21BrFNO3. The normalized spacial score (nSPS) is 12.2. The van der Waals surface area contributed by atoms with E-state index >= 15 is 0 Å². The Bertz CT molecular complexity index is 437. The highest BCUT2D eigenvalue weighted by atomic mass is 79.9. The van der Waals surface area contributed by atoms with Gasteiger partial charge in [-0.05, 0) is 18.1 Å². The van der Waals surface area contributed by atoms with Gasteiger partial charge in [-0.3, -0.25) is 4.79 Å². The second-order valence-electron chi connectivity index (χ2n) is 4.57. The summed E-state index contributed by atoms with van der Waals surface area (Å²) in [7, 11) is 3.17. The number of carbonyl (C=O) groups excluding carboxylic acids is 1. The van der Waals surface area contributed by atoms with Gasteiger partial charge < -0.3 is 14.4 Å². The molecular weight excluding hydrogens is 341 g/mol. The van der Waals surface area contributed by atoms with Crippen LogP contribution in [0.3, 0.4) is 0 Å². The van der Waals surface area contributed by atoms with Crippen molar-refractivity contribution in [1.82, 2.24) is 4.90 Å². The first-order valence-electron chi connectivity index (χ1n) is 6.74. The van der Waals surface area contributed by atoms with Crippen molar-refractivity contribution < 1.29 is 18.7 Å². The van der Waals surface area contributed by atoms with E-state index in [9.17, 15) is 9.18 Å². The Morgan fingerprint density at radius 1 is 1.24 bits per heavy atom. The van der Waals surface area contributed by atoms with E-state index in [1.165, 1.54) is 6.07 Å². The van der Waals surface area contributed by atoms with Crippen molar-refractivity contribution in [1.29, 1.82) is 0 Å². The van der Waals surface area contributed by atoms with Gasteiger partial charge in [-0.1, -0.05) is 34.1 Å². The van der Waals surface area contributed by atoms with Crippen LogP contribution < -0.4 is 0 Å². The smallest absolute Gasteiger partial charge is 0.236 e. The summed E-state index contributed by atoms with van der Waals surface area (Å²) in [6.45, 7) is 1.87. The Balaban J connectivity index is 2.66. The molecule has 0 aliphatic carbocycles. The minimum absolute atomic E-state index is 0.0904. The van der Waals surface area contributed by atoms with Gasteiger partial charge in [0.05, 0.1) is 18.0 Å². The summed E-state index contributed by atoms with van der Waals surface area (Å²) in [5.41, 5.74) is 0.520. The molecule has 0 bridgehead atoms. The second kappa shape index (κ2) is 9.87. The van der Waals surface area contributed by atoms with Gasteiger partial charge >= 0.3 is 0 Å². The van der Waals surface area contributed by atoms with Gasteiger partial charge in [0, 0.05) is 27.3 Å². The molecule has 6 heteroatoms. The SMILES string of the molecule is COCCN(CCOC)C(=O)C(Br)Cc1ccccc1F. The van der Waals surface area contributed by atoms with Gasteiger partial charge in [0.1, 0.15) is 5.82 Å². The molecule has 0 aliphatic rings. The van der Waals surface area contributed by atoms with Gasteiger partial charge in [-0.25, -0.2) is 4.39 Å². The minimum atomic E-state index is -0.469. The van der Waals surface area contributed by atoms with Crippen LogP contribution >= 0.6 is 15.9 Å². The lowest BCUT2D eigenvalue weighted by Crippen LogP contribution is -2.41. The maximum atomic E-state index is 13.6. The third-order valence-corrected chi connectivity index (χ3v) is 3.78. The summed E-state index contributed by atoms with van der Waals surface area (Å²) >= 11 is 3.36. The molecule has 0 N–H and O–H groups in total. The molecule has 0 saturated heterocycles. The van der Waals surface area contributed by atoms with Crippen molar-refractivity contribution in [3.63, 3.8) is 0 Å². The number of carbonyl (C=O) groups is 1. The van der Waals surface area contributed by atoms with Crippen LogP contribution in [-0.2, 0) is 20.7 Å². The fraction of sp³-hybridized carbons (Fsp3) is 0.533. The number of nitrogens with zero attached hydrogens (tertiary/aromatic N) is 1. The van der Waals surface area contributed by atoms with E-state index in [1.54, 1.807) is 37.3 Å². The molecule has 0 saturated carbocycles. The molecule has 0 aromatic heterocycles. The van der Waals surface area contributed by atoms with Gasteiger partial charge in [-0.2, -0.15) is 0 Å². The van der Waals surface area contributed by atoms with Crippen molar-refractivity contribution in [2.45, 2.75) is 11.2 Å². The zero-order valence-electron chi connectivity index (χ0n) is 12.4. The highest BCUT2D eigenvalue weighted by Crippen LogP contribution is 2.15. The van der Waals surface area contributed by atoms with Gasteiger partial charge in [0.15, 0.2) is 0 Å². The predicted molar refractivity (Wildman–Crippen MR) is 83.2 cm³/mol. The molecule has 4 nitrogen and oxygen atoms in total. The number of methoxy groups -OCH3 is 2. The molecule has 1 unspecified atom stereocenters. The molecule has 1 rings (SSSR count). The minimum Gasteiger partial charge on any atom is -0.383 e. The van der Waals surface area contributed by atoms with Crippen LogP contribution in [0.15, 0.2) is 24.3 Å². The molecule has 21 heavy (non-hydrogen) atoms. The van der Waals surface area contributed by atoms with Gasteiger partial charge in [0.25, 0.3) is 0 Å². The summed E-state index contributed by atoms with van der Waals surface area (Å²) in [5, 5.41) is 0. The molecule has 1 aromatic carbocycles. The zero-order chi connectivity index (χ0) is 15.7. The Labute approximate surface area is 133 Å². The van der Waals surface area contributed by atoms with Crippen LogP contribution in [0.5, 0.6) is 0 Å². The number of rotatable bonds is 9. The summed E-state index contributed by atoms with van der Waals surface area (Å²) < 4.78 is 23.7. The third-order valence-electron chi connectivity index (χ3n) is 3.07. The molecule has 0 aliphatic heterocycles. The topological polar surface area (TPSA) is 38.8 Å². The average Bonchev–Trinajstić information content (AvgIpc) is 2.49. The van der Waals surface area contributed by atoms with E-state index in [4.69, 9.17) is 9.47 Å². The maximum Gasteiger partial charge on any atom is 0.236 e. The van der Waals surface area contributed by atoms with Crippen LogP contribution in [0, 0.1) is 5.82 Å². The van der Waals surface area contributed by atoms with Crippen molar-refractivity contribution >= 4 is 21.8 Å². The van der Waals surface area contributed by atoms with E-state index in [0.717, 1.165) is 0 Å². The monoisotopic (exact) mass is 361 g/mol. The van der Waals surface area contributed by atoms with Crippen LogP contribution in [0.1, 0.15) is 5.56 Å². The van der Waals surface area contributed by atoms with Gasteiger partial charge in [0.2, 0.25) is 5.91 Å². The second-order valence-corrected chi connectivity index (χ2v) is 5.68. The first kappa shape index (κ1) is 18.1. The van der Waals surface area contributed by atoms with Crippen LogP contribution in [0.2, 0.25) is 0 Å². The number of hydrogen-bond donors (Lipinski definition) is 0. The standard InChI is InChI=1S/C15H21BrFNO3/c1-20-9-7-18(8-10-21-2)15(19)13(16)11-12-5-3-4-6-14(12)17/h3-6,13H,7-11H2,1-2H3. The third kappa shape index (κ3) is 6.11. The summed E-state index contributed by atoms with van der Waals surface area (Å²) in [5.74, 6) is -0.387. The van der Waals surface area contributed by atoms with Gasteiger partial charge in [-0.15, -0.1) is 0 Å². The number of ether oxygens (including phenoxy) is 2. The molecule has 1 atom stereocenters. The molecule has 0 spiro atoms. The van der Waals surface area contributed by atoms with Crippen molar-refractivity contribution in [2.75, 3.05) is 40.5 Å². The molecule has 0 radical (unpaired) electrons. The lowest BCUT2D eigenvalue weighted by atomic mass is 10.1. The zero-order valence-corrected chi connectivity index (χ0v) is 13.9.